The molecule has 0 aliphatic rings. The van der Waals surface area contributed by atoms with Crippen molar-refractivity contribution in [3.05, 3.63) is 39.7 Å². The predicted octanol–water partition coefficient (Wildman–Crippen LogP) is 2.64. The maximum atomic E-state index is 13.1. The number of nitro benzene ring substituents is 1. The summed E-state index contributed by atoms with van der Waals surface area (Å²) < 4.78 is 18.4. The third kappa shape index (κ3) is 5.76. The Morgan fingerprint density at radius 1 is 1.42 bits per heavy atom. The van der Waals surface area contributed by atoms with Gasteiger partial charge in [0.2, 0.25) is 0 Å². The number of rotatable bonds is 9. The molecule has 0 amide bonds. The van der Waals surface area contributed by atoms with E-state index in [1.54, 1.807) is 0 Å². The van der Waals surface area contributed by atoms with Crippen LogP contribution in [0.2, 0.25) is 0 Å². The van der Waals surface area contributed by atoms with E-state index < -0.39 is 10.7 Å². The van der Waals surface area contributed by atoms with Crippen molar-refractivity contribution in [2.24, 2.45) is 0 Å². The van der Waals surface area contributed by atoms with E-state index in [1.165, 1.54) is 12.1 Å². The minimum absolute atomic E-state index is 0.0687. The summed E-state index contributed by atoms with van der Waals surface area (Å²) in [5.41, 5.74) is 0.277. The van der Waals surface area contributed by atoms with E-state index in [9.17, 15) is 14.5 Å². The standard InChI is InChI=1S/C13H19FN2O3/c1-2-3-7-19-8-6-15-10-11-9-12(14)4-5-13(11)16(17)18/h4-5,9,15H,2-3,6-8,10H2,1H3. The average molecular weight is 270 g/mol. The molecule has 0 aliphatic heterocycles. The number of nitrogens with one attached hydrogen (secondary N) is 1. The van der Waals surface area contributed by atoms with Crippen LogP contribution in [0.5, 0.6) is 0 Å². The number of hydrogen-bond donors (Lipinski definition) is 1. The Labute approximate surface area is 111 Å². The summed E-state index contributed by atoms with van der Waals surface area (Å²) in [4.78, 5) is 10.3. The lowest BCUT2D eigenvalue weighted by molar-refractivity contribution is -0.385. The van der Waals surface area contributed by atoms with Crippen LogP contribution in [0.4, 0.5) is 10.1 Å². The highest BCUT2D eigenvalue weighted by molar-refractivity contribution is 5.40. The summed E-state index contributed by atoms with van der Waals surface area (Å²) in [7, 11) is 0. The molecule has 0 bridgehead atoms. The average Bonchev–Trinajstić information content (AvgIpc) is 2.37. The van der Waals surface area contributed by atoms with E-state index in [-0.39, 0.29) is 12.2 Å². The van der Waals surface area contributed by atoms with Crippen molar-refractivity contribution in [1.82, 2.24) is 5.32 Å². The fraction of sp³-hybridized carbons (Fsp3) is 0.538. The molecule has 0 saturated heterocycles. The van der Waals surface area contributed by atoms with Crippen molar-refractivity contribution in [2.75, 3.05) is 19.8 Å². The van der Waals surface area contributed by atoms with Crippen molar-refractivity contribution < 1.29 is 14.1 Å². The second-order valence-electron chi connectivity index (χ2n) is 4.17. The number of nitro groups is 1. The van der Waals surface area contributed by atoms with Gasteiger partial charge in [-0.1, -0.05) is 13.3 Å². The molecule has 0 saturated carbocycles. The highest BCUT2D eigenvalue weighted by Gasteiger charge is 2.13. The molecular weight excluding hydrogens is 251 g/mol. The molecule has 0 radical (unpaired) electrons. The molecule has 106 valence electrons. The van der Waals surface area contributed by atoms with Crippen LogP contribution >= 0.6 is 0 Å². The lowest BCUT2D eigenvalue weighted by atomic mass is 10.1. The fourth-order valence-corrected chi connectivity index (χ4v) is 1.59. The lowest BCUT2D eigenvalue weighted by Crippen LogP contribution is -2.20. The molecule has 0 atom stereocenters. The zero-order chi connectivity index (χ0) is 14.1. The molecule has 1 aromatic carbocycles. The summed E-state index contributed by atoms with van der Waals surface area (Å²) in [6.07, 6.45) is 2.11. The van der Waals surface area contributed by atoms with Crippen LogP contribution in [0.1, 0.15) is 25.3 Å². The fourth-order valence-electron chi connectivity index (χ4n) is 1.59. The van der Waals surface area contributed by atoms with Gasteiger partial charge in [-0.3, -0.25) is 10.1 Å². The Balaban J connectivity index is 2.36. The molecule has 0 aliphatic carbocycles. The number of unbranched alkanes of at least 4 members (excludes halogenated alkanes) is 1. The molecule has 0 spiro atoms. The van der Waals surface area contributed by atoms with E-state index in [0.29, 0.717) is 18.7 Å². The van der Waals surface area contributed by atoms with Crippen molar-refractivity contribution >= 4 is 5.69 Å². The summed E-state index contributed by atoms with van der Waals surface area (Å²) in [6, 6.07) is 3.46. The molecule has 6 heteroatoms. The molecule has 0 heterocycles. The first-order valence-corrected chi connectivity index (χ1v) is 6.36. The lowest BCUT2D eigenvalue weighted by Gasteiger charge is -2.06. The van der Waals surface area contributed by atoms with E-state index in [1.807, 2.05) is 0 Å². The number of hydrogen-bond acceptors (Lipinski definition) is 4. The van der Waals surface area contributed by atoms with Crippen LogP contribution in [0.15, 0.2) is 18.2 Å². The van der Waals surface area contributed by atoms with Crippen LogP contribution in [0.25, 0.3) is 0 Å². The Morgan fingerprint density at radius 3 is 2.89 bits per heavy atom. The number of benzene rings is 1. The van der Waals surface area contributed by atoms with Gasteiger partial charge in [0.25, 0.3) is 5.69 Å². The van der Waals surface area contributed by atoms with E-state index in [0.717, 1.165) is 25.5 Å². The second-order valence-corrected chi connectivity index (χ2v) is 4.17. The molecule has 1 aromatic rings. The van der Waals surface area contributed by atoms with Crippen molar-refractivity contribution in [1.29, 1.82) is 0 Å². The maximum Gasteiger partial charge on any atom is 0.274 e. The van der Waals surface area contributed by atoms with Crippen LogP contribution in [-0.2, 0) is 11.3 Å². The minimum atomic E-state index is -0.506. The first-order valence-electron chi connectivity index (χ1n) is 6.36. The zero-order valence-electron chi connectivity index (χ0n) is 11.0. The van der Waals surface area contributed by atoms with Gasteiger partial charge in [0, 0.05) is 31.3 Å². The predicted molar refractivity (Wildman–Crippen MR) is 70.5 cm³/mol. The van der Waals surface area contributed by atoms with Crippen LogP contribution < -0.4 is 5.32 Å². The molecule has 19 heavy (non-hydrogen) atoms. The molecule has 0 fully saturated rings. The maximum absolute atomic E-state index is 13.1. The van der Waals surface area contributed by atoms with Gasteiger partial charge in [0.1, 0.15) is 5.82 Å². The number of halogens is 1. The Bertz CT molecular complexity index is 413. The summed E-state index contributed by atoms with van der Waals surface area (Å²) in [5, 5.41) is 13.8. The van der Waals surface area contributed by atoms with E-state index >= 15 is 0 Å². The highest BCUT2D eigenvalue weighted by Crippen LogP contribution is 2.19. The molecule has 1 rings (SSSR count). The van der Waals surface area contributed by atoms with Crippen molar-refractivity contribution in [3.63, 3.8) is 0 Å². The van der Waals surface area contributed by atoms with Gasteiger partial charge in [-0.25, -0.2) is 4.39 Å². The molecule has 5 nitrogen and oxygen atoms in total. The zero-order valence-corrected chi connectivity index (χ0v) is 11.0. The van der Waals surface area contributed by atoms with Crippen LogP contribution in [0.3, 0.4) is 0 Å². The summed E-state index contributed by atoms with van der Waals surface area (Å²) in [6.45, 7) is 4.19. The topological polar surface area (TPSA) is 64.4 Å². The largest absolute Gasteiger partial charge is 0.380 e. The first kappa shape index (κ1) is 15.5. The van der Waals surface area contributed by atoms with Crippen molar-refractivity contribution in [2.45, 2.75) is 26.3 Å². The second kappa shape index (κ2) is 8.55. The Hall–Kier alpha value is -1.53. The smallest absolute Gasteiger partial charge is 0.274 e. The Kier molecular flexibility index (Phi) is 6.99. The molecular formula is C13H19FN2O3. The first-order chi connectivity index (χ1) is 9.15. The quantitative estimate of drug-likeness (QED) is 0.425. The normalized spacial score (nSPS) is 10.6. The van der Waals surface area contributed by atoms with Gasteiger partial charge in [0.15, 0.2) is 0 Å². The molecule has 0 unspecified atom stereocenters. The van der Waals surface area contributed by atoms with Gasteiger partial charge < -0.3 is 10.1 Å². The van der Waals surface area contributed by atoms with Gasteiger partial charge >= 0.3 is 0 Å². The third-order valence-corrected chi connectivity index (χ3v) is 2.62. The summed E-state index contributed by atoms with van der Waals surface area (Å²) >= 11 is 0. The monoisotopic (exact) mass is 270 g/mol. The summed E-state index contributed by atoms with van der Waals surface area (Å²) in [5.74, 6) is -0.471. The van der Waals surface area contributed by atoms with Gasteiger partial charge in [-0.05, 0) is 18.6 Å². The highest BCUT2D eigenvalue weighted by atomic mass is 19.1. The minimum Gasteiger partial charge on any atom is -0.380 e. The van der Waals surface area contributed by atoms with Gasteiger partial charge in [-0.2, -0.15) is 0 Å². The Morgan fingerprint density at radius 2 is 2.21 bits per heavy atom. The third-order valence-electron chi connectivity index (χ3n) is 2.62. The SMILES string of the molecule is CCCCOCCNCc1cc(F)ccc1[N+](=O)[O-]. The van der Waals surface area contributed by atoms with Crippen molar-refractivity contribution in [3.8, 4) is 0 Å². The molecule has 1 N–H and O–H groups in total. The van der Waals surface area contributed by atoms with Gasteiger partial charge in [0.05, 0.1) is 11.5 Å². The van der Waals surface area contributed by atoms with Crippen LogP contribution in [0, 0.1) is 15.9 Å². The molecule has 0 aromatic heterocycles. The van der Waals surface area contributed by atoms with Crippen LogP contribution in [-0.4, -0.2) is 24.7 Å². The van der Waals surface area contributed by atoms with Gasteiger partial charge in [-0.15, -0.1) is 0 Å². The van der Waals surface area contributed by atoms with E-state index in [4.69, 9.17) is 4.74 Å². The van der Waals surface area contributed by atoms with E-state index in [2.05, 4.69) is 12.2 Å². The number of nitrogens with zero attached hydrogens (tertiary/aromatic N) is 1. The number of ether oxygens (including phenoxy) is 1.